The summed E-state index contributed by atoms with van der Waals surface area (Å²) in [7, 11) is 5.43. The highest BCUT2D eigenvalue weighted by molar-refractivity contribution is 6.30. The highest BCUT2D eigenvalue weighted by Gasteiger charge is 2.41. The minimum Gasteiger partial charge on any atom is -0.485 e. The van der Waals surface area contributed by atoms with Gasteiger partial charge in [0.2, 0.25) is 0 Å². The van der Waals surface area contributed by atoms with Crippen molar-refractivity contribution in [3.8, 4) is 5.75 Å². The lowest BCUT2D eigenvalue weighted by Crippen LogP contribution is -2.44. The van der Waals surface area contributed by atoms with Gasteiger partial charge in [0.1, 0.15) is 17.5 Å². The van der Waals surface area contributed by atoms with Gasteiger partial charge in [-0.25, -0.2) is 13.6 Å². The first-order chi connectivity index (χ1) is 20.2. The van der Waals surface area contributed by atoms with Crippen molar-refractivity contribution in [2.24, 2.45) is 5.92 Å². The maximum atomic E-state index is 15.8. The number of rotatable bonds is 8. The molecular weight excluding hydrogens is 578 g/mol. The molecule has 2 aliphatic rings. The third-order valence-corrected chi connectivity index (χ3v) is 8.94. The van der Waals surface area contributed by atoms with Crippen LogP contribution in [0, 0.1) is 17.6 Å². The van der Waals surface area contributed by atoms with Gasteiger partial charge >= 0.3 is 12.1 Å². The van der Waals surface area contributed by atoms with Crippen LogP contribution >= 0.6 is 11.6 Å². The number of amides is 1. The molecule has 1 saturated carbocycles. The molecule has 2 aromatic rings. The van der Waals surface area contributed by atoms with E-state index < -0.39 is 41.4 Å². The van der Waals surface area contributed by atoms with Crippen molar-refractivity contribution in [3.63, 3.8) is 0 Å². The minimum absolute atomic E-state index is 0.0569. The molecule has 1 aliphatic heterocycles. The Morgan fingerprint density at radius 3 is 2.33 bits per heavy atom. The molecule has 10 heteroatoms. The normalized spacial score (nSPS) is 24.2. The van der Waals surface area contributed by atoms with E-state index in [-0.39, 0.29) is 42.2 Å². The second-order valence-electron chi connectivity index (χ2n) is 13.0. The Kier molecular flexibility index (Phi) is 10.3. The Hall–Kier alpha value is -2.91. The molecule has 2 aromatic carbocycles. The number of hydrogen-bond donors (Lipinski definition) is 0. The van der Waals surface area contributed by atoms with E-state index >= 15 is 4.39 Å². The summed E-state index contributed by atoms with van der Waals surface area (Å²) in [6.45, 7) is 5.32. The van der Waals surface area contributed by atoms with E-state index in [1.807, 2.05) is 12.1 Å². The Labute approximate surface area is 258 Å². The number of esters is 1. The van der Waals surface area contributed by atoms with Crippen LogP contribution in [0.4, 0.5) is 13.6 Å². The van der Waals surface area contributed by atoms with Gasteiger partial charge in [0, 0.05) is 29.1 Å². The quantitative estimate of drug-likeness (QED) is 0.293. The number of hydrogen-bond acceptors (Lipinski definition) is 6. The van der Waals surface area contributed by atoms with Crippen LogP contribution in [0.5, 0.6) is 5.75 Å². The van der Waals surface area contributed by atoms with Crippen LogP contribution in [0.25, 0.3) is 0 Å². The van der Waals surface area contributed by atoms with Gasteiger partial charge in [0.05, 0.1) is 20.1 Å². The molecular formula is C33H43ClF2N2O5. The fraction of sp³-hybridized carbons (Fsp3) is 0.576. The molecule has 1 amide bonds. The predicted octanol–water partition coefficient (Wildman–Crippen LogP) is 7.13. The number of methoxy groups -OCH3 is 1. The van der Waals surface area contributed by atoms with E-state index in [0.29, 0.717) is 11.4 Å². The Bertz CT molecular complexity index is 1290. The molecule has 43 heavy (non-hydrogen) atoms. The van der Waals surface area contributed by atoms with Crippen LogP contribution in [0.15, 0.2) is 36.4 Å². The largest absolute Gasteiger partial charge is 0.485 e. The van der Waals surface area contributed by atoms with Crippen molar-refractivity contribution in [2.75, 3.05) is 27.7 Å². The van der Waals surface area contributed by atoms with Crippen molar-refractivity contribution >= 4 is 23.7 Å². The second kappa shape index (κ2) is 13.4. The van der Waals surface area contributed by atoms with Crippen molar-refractivity contribution in [3.05, 3.63) is 64.2 Å². The van der Waals surface area contributed by atoms with Crippen LogP contribution in [-0.4, -0.2) is 67.4 Å². The van der Waals surface area contributed by atoms with Crippen LogP contribution in [0.2, 0.25) is 5.02 Å². The fourth-order valence-corrected chi connectivity index (χ4v) is 6.56. The molecule has 1 aliphatic carbocycles. The molecule has 4 rings (SSSR count). The zero-order valence-corrected chi connectivity index (χ0v) is 26.7. The van der Waals surface area contributed by atoms with Gasteiger partial charge in [-0.3, -0.25) is 9.69 Å². The molecule has 2 atom stereocenters. The average molecular weight is 621 g/mol. The molecule has 0 bridgehead atoms. The average Bonchev–Trinajstić information content (AvgIpc) is 3.33. The molecule has 236 valence electrons. The van der Waals surface area contributed by atoms with E-state index in [9.17, 15) is 14.0 Å². The number of ether oxygens (including phenoxy) is 3. The van der Waals surface area contributed by atoms with Crippen LogP contribution in [0.3, 0.4) is 0 Å². The molecule has 0 spiro atoms. The molecule has 1 heterocycles. The minimum atomic E-state index is -0.741. The van der Waals surface area contributed by atoms with Gasteiger partial charge in [-0.2, -0.15) is 0 Å². The molecule has 7 nitrogen and oxygen atoms in total. The second-order valence-corrected chi connectivity index (χ2v) is 13.4. The molecule has 0 radical (unpaired) electrons. The third kappa shape index (κ3) is 7.98. The number of carbonyl (C=O) groups excluding carboxylic acids is 2. The van der Waals surface area contributed by atoms with E-state index in [1.54, 1.807) is 20.8 Å². The van der Waals surface area contributed by atoms with Gasteiger partial charge < -0.3 is 19.1 Å². The summed E-state index contributed by atoms with van der Waals surface area (Å²) >= 11 is 6.13. The third-order valence-electron chi connectivity index (χ3n) is 8.69. The summed E-state index contributed by atoms with van der Waals surface area (Å²) in [5.41, 5.74) is 0.599. The van der Waals surface area contributed by atoms with Crippen molar-refractivity contribution in [1.82, 2.24) is 9.80 Å². The van der Waals surface area contributed by atoms with Crippen LogP contribution in [0.1, 0.15) is 70.4 Å². The molecule has 0 unspecified atom stereocenters. The number of nitrogens with zero attached hydrogens (tertiary/aromatic N) is 2. The van der Waals surface area contributed by atoms with E-state index in [1.165, 1.54) is 23.6 Å². The zero-order chi connectivity index (χ0) is 31.5. The van der Waals surface area contributed by atoms with Gasteiger partial charge in [-0.15, -0.1) is 0 Å². The fourth-order valence-electron chi connectivity index (χ4n) is 6.43. The first-order valence-electron chi connectivity index (χ1n) is 14.8. The van der Waals surface area contributed by atoms with Gasteiger partial charge in [-0.05, 0) is 102 Å². The van der Waals surface area contributed by atoms with Gasteiger partial charge in [0.15, 0.2) is 11.6 Å². The maximum absolute atomic E-state index is 15.8. The summed E-state index contributed by atoms with van der Waals surface area (Å²) < 4.78 is 46.9. The number of benzene rings is 2. The first kappa shape index (κ1) is 33.0. The van der Waals surface area contributed by atoms with Crippen LogP contribution in [-0.2, 0) is 26.2 Å². The predicted molar refractivity (Wildman–Crippen MR) is 161 cm³/mol. The highest BCUT2D eigenvalue weighted by atomic mass is 35.5. The summed E-state index contributed by atoms with van der Waals surface area (Å²) in [5, 5.41) is 0.695. The van der Waals surface area contributed by atoms with E-state index in [0.717, 1.165) is 31.7 Å². The van der Waals surface area contributed by atoms with Gasteiger partial charge in [-0.1, -0.05) is 23.7 Å². The smallest absolute Gasteiger partial charge is 0.410 e. The highest BCUT2D eigenvalue weighted by Crippen LogP contribution is 2.44. The van der Waals surface area contributed by atoms with Gasteiger partial charge in [0.25, 0.3) is 0 Å². The molecule has 2 fully saturated rings. The van der Waals surface area contributed by atoms with Crippen molar-refractivity contribution < 1.29 is 32.6 Å². The van der Waals surface area contributed by atoms with Crippen molar-refractivity contribution in [2.45, 2.75) is 89.0 Å². The summed E-state index contributed by atoms with van der Waals surface area (Å²) in [4.78, 5) is 28.6. The summed E-state index contributed by atoms with van der Waals surface area (Å²) in [6, 6.07) is 9.70. The Balaban J connectivity index is 1.46. The lowest BCUT2D eigenvalue weighted by molar-refractivity contribution is -0.141. The summed E-state index contributed by atoms with van der Waals surface area (Å²) in [6.07, 6.45) is 2.82. The van der Waals surface area contributed by atoms with Crippen molar-refractivity contribution in [1.29, 1.82) is 0 Å². The number of carbonyl (C=O) groups is 2. The summed E-state index contributed by atoms with van der Waals surface area (Å²) in [5.74, 6) is -1.67. The molecule has 1 saturated heterocycles. The lowest BCUT2D eigenvalue weighted by Gasteiger charge is -2.45. The lowest BCUT2D eigenvalue weighted by atomic mass is 9.70. The topological polar surface area (TPSA) is 68.3 Å². The standard InChI is InChI=1S/C33H43ClF2N2O5/c1-32(2,3)43-31(40)38-20-27(18-26(38)19-29(39)41-6)42-28-17-25(35)16-22(30(28)36)15-21-11-13-33(14-12-21,37(4)5)23-7-9-24(34)10-8-23/h7-10,16-17,21,26-27H,11-15,18-20H2,1-6H3/t21?,26-,27-,33?/m0/s1. The molecule has 0 N–H and O–H groups in total. The first-order valence-corrected chi connectivity index (χ1v) is 15.2. The maximum Gasteiger partial charge on any atom is 0.410 e. The zero-order valence-electron chi connectivity index (χ0n) is 25.9. The van der Waals surface area contributed by atoms with Crippen LogP contribution < -0.4 is 4.74 Å². The number of likely N-dealkylation sites (tertiary alicyclic amines) is 1. The Morgan fingerprint density at radius 1 is 1.09 bits per heavy atom. The Morgan fingerprint density at radius 2 is 1.74 bits per heavy atom. The number of halogens is 3. The SMILES string of the molecule is COC(=O)C[C@@H]1C[C@H](Oc2cc(F)cc(CC3CCC(c4ccc(Cl)cc4)(N(C)C)CC3)c2F)CN1C(=O)OC(C)(C)C. The molecule has 0 aromatic heterocycles. The van der Waals surface area contributed by atoms with E-state index in [4.69, 9.17) is 25.8 Å². The van der Waals surface area contributed by atoms with E-state index in [2.05, 4.69) is 31.1 Å². The monoisotopic (exact) mass is 620 g/mol.